The maximum atomic E-state index is 9.32. The standard InChI is InChI=1S/C33H33N2/c1-20-13-14-26-29(34-20)19-28-31(30-18-23(15-16-35(30)3)22-9-5-4-6-10-22)21(2)27-17-24-11-7-8-12-25(24)32(27)33(26)28/h7-8,11-16,18,22H,4-6,9-10,17,19H2,1-3H3/q+1/i22D. The molecule has 3 aliphatic rings. The zero-order valence-electron chi connectivity index (χ0n) is 22.0. The van der Waals surface area contributed by atoms with Crippen LogP contribution in [0.4, 0.5) is 0 Å². The molecule has 0 radical (unpaired) electrons. The average Bonchev–Trinajstić information content (AvgIpc) is 3.43. The van der Waals surface area contributed by atoms with Crippen molar-refractivity contribution in [2.24, 2.45) is 7.05 Å². The van der Waals surface area contributed by atoms with E-state index in [1.54, 1.807) is 0 Å². The summed E-state index contributed by atoms with van der Waals surface area (Å²) in [5, 5.41) is 0. The van der Waals surface area contributed by atoms with Crippen LogP contribution < -0.4 is 4.57 Å². The van der Waals surface area contributed by atoms with Crippen molar-refractivity contribution < 1.29 is 5.94 Å². The van der Waals surface area contributed by atoms with Crippen molar-refractivity contribution in [3.8, 4) is 33.5 Å². The molecule has 0 spiro atoms. The highest BCUT2D eigenvalue weighted by Gasteiger charge is 2.36. The van der Waals surface area contributed by atoms with Gasteiger partial charge in [0.05, 0.1) is 11.3 Å². The van der Waals surface area contributed by atoms with Crippen LogP contribution in [0.1, 0.15) is 78.6 Å². The van der Waals surface area contributed by atoms with Gasteiger partial charge in [0.1, 0.15) is 7.05 Å². The van der Waals surface area contributed by atoms with Crippen LogP contribution in [0.3, 0.4) is 0 Å². The monoisotopic (exact) mass is 458 g/mol. The molecule has 0 aliphatic heterocycles. The first-order chi connectivity index (χ1) is 17.4. The predicted molar refractivity (Wildman–Crippen MR) is 143 cm³/mol. The van der Waals surface area contributed by atoms with Gasteiger partial charge >= 0.3 is 0 Å². The zero-order valence-corrected chi connectivity index (χ0v) is 21.0. The Morgan fingerprint density at radius 3 is 2.51 bits per heavy atom. The lowest BCUT2D eigenvalue weighted by molar-refractivity contribution is -0.660. The fourth-order valence-corrected chi connectivity index (χ4v) is 6.88. The third kappa shape index (κ3) is 3.15. The molecule has 2 aromatic carbocycles. The maximum Gasteiger partial charge on any atom is 0.213 e. The molecule has 0 saturated heterocycles. The summed E-state index contributed by atoms with van der Waals surface area (Å²) in [7, 11) is 2.16. The Labute approximate surface area is 210 Å². The summed E-state index contributed by atoms with van der Waals surface area (Å²) in [5.74, 6) is -0.465. The van der Waals surface area contributed by atoms with Crippen LogP contribution in [0.15, 0.2) is 54.7 Å². The molecule has 2 aromatic heterocycles. The van der Waals surface area contributed by atoms with Crippen molar-refractivity contribution in [1.82, 2.24) is 4.98 Å². The van der Waals surface area contributed by atoms with Gasteiger partial charge in [-0.25, -0.2) is 4.57 Å². The van der Waals surface area contributed by atoms with E-state index >= 15 is 0 Å². The van der Waals surface area contributed by atoms with Gasteiger partial charge in [-0.3, -0.25) is 4.98 Å². The van der Waals surface area contributed by atoms with Crippen LogP contribution in [-0.2, 0) is 19.9 Å². The van der Waals surface area contributed by atoms with Gasteiger partial charge in [-0.1, -0.05) is 49.6 Å². The van der Waals surface area contributed by atoms with E-state index in [1.807, 2.05) is 0 Å². The van der Waals surface area contributed by atoms with Gasteiger partial charge in [-0.2, -0.15) is 0 Å². The van der Waals surface area contributed by atoms with Gasteiger partial charge in [0.25, 0.3) is 0 Å². The molecule has 0 amide bonds. The number of pyridine rings is 2. The number of aryl methyl sites for hydroxylation is 2. The molecule has 35 heavy (non-hydrogen) atoms. The van der Waals surface area contributed by atoms with Gasteiger partial charge in [0.15, 0.2) is 6.20 Å². The molecule has 0 atom stereocenters. The van der Waals surface area contributed by atoms with Crippen molar-refractivity contribution >= 4 is 0 Å². The SMILES string of the molecule is [2H]C1(c2cc[n+](C)c(-c3c(C)c4c(c5c3Cc3nc(C)ccc3-5)-c3ccccc3C4)c2)CCCCC1. The lowest BCUT2D eigenvalue weighted by atomic mass is 9.82. The van der Waals surface area contributed by atoms with E-state index in [4.69, 9.17) is 4.98 Å². The van der Waals surface area contributed by atoms with Crippen molar-refractivity contribution in [3.63, 3.8) is 0 Å². The lowest BCUT2D eigenvalue weighted by Crippen LogP contribution is -2.31. The molecule has 2 nitrogen and oxygen atoms in total. The number of benzene rings is 2. The van der Waals surface area contributed by atoms with E-state index in [1.165, 1.54) is 73.4 Å². The molecule has 174 valence electrons. The van der Waals surface area contributed by atoms with Crippen LogP contribution >= 0.6 is 0 Å². The molecule has 2 heterocycles. The topological polar surface area (TPSA) is 16.8 Å². The Kier molecular flexibility index (Phi) is 4.50. The largest absolute Gasteiger partial charge is 0.257 e. The first-order valence-electron chi connectivity index (χ1n) is 13.7. The minimum absolute atomic E-state index is 0.465. The molecule has 1 fully saturated rings. The number of hydrogen-bond acceptors (Lipinski definition) is 1. The van der Waals surface area contributed by atoms with Crippen molar-refractivity contribution in [1.29, 1.82) is 0 Å². The van der Waals surface area contributed by atoms with E-state index in [-0.39, 0.29) is 0 Å². The molecular formula is C33H33N2+. The van der Waals surface area contributed by atoms with Crippen LogP contribution in [0.25, 0.3) is 33.5 Å². The van der Waals surface area contributed by atoms with E-state index < -0.39 is 5.89 Å². The fraction of sp³-hybridized carbons (Fsp3) is 0.333. The fourth-order valence-electron chi connectivity index (χ4n) is 6.88. The van der Waals surface area contributed by atoms with Crippen LogP contribution in [-0.4, -0.2) is 4.98 Å². The van der Waals surface area contributed by atoms with Gasteiger partial charge in [0, 0.05) is 31.2 Å². The minimum Gasteiger partial charge on any atom is -0.257 e. The summed E-state index contributed by atoms with van der Waals surface area (Å²) >= 11 is 0. The summed E-state index contributed by atoms with van der Waals surface area (Å²) in [4.78, 5) is 5.00. The number of hydrogen-bond donors (Lipinski definition) is 0. The molecule has 0 unspecified atom stereocenters. The summed E-state index contributed by atoms with van der Waals surface area (Å²) in [5.41, 5.74) is 17.2. The molecule has 4 aromatic rings. The van der Waals surface area contributed by atoms with E-state index in [9.17, 15) is 1.37 Å². The van der Waals surface area contributed by atoms with Crippen LogP contribution in [0, 0.1) is 13.8 Å². The number of nitrogens with zero attached hydrogens (tertiary/aromatic N) is 2. The van der Waals surface area contributed by atoms with Crippen molar-refractivity contribution in [3.05, 3.63) is 93.9 Å². The van der Waals surface area contributed by atoms with Gasteiger partial charge in [-0.15, -0.1) is 0 Å². The van der Waals surface area contributed by atoms with E-state index in [0.29, 0.717) is 0 Å². The Morgan fingerprint density at radius 2 is 1.66 bits per heavy atom. The van der Waals surface area contributed by atoms with Crippen LogP contribution in [0.5, 0.6) is 0 Å². The summed E-state index contributed by atoms with van der Waals surface area (Å²) in [6.07, 6.45) is 9.55. The quantitative estimate of drug-likeness (QED) is 0.247. The second kappa shape index (κ2) is 7.88. The van der Waals surface area contributed by atoms with E-state index in [2.05, 4.69) is 80.2 Å². The van der Waals surface area contributed by atoms with E-state index in [0.717, 1.165) is 44.2 Å². The Bertz CT molecular complexity index is 1560. The highest BCUT2D eigenvalue weighted by molar-refractivity contribution is 5.99. The number of rotatable bonds is 2. The second-order valence-corrected chi connectivity index (χ2v) is 10.7. The van der Waals surface area contributed by atoms with Crippen molar-refractivity contribution in [2.45, 2.75) is 64.7 Å². The van der Waals surface area contributed by atoms with Gasteiger partial charge in [0.2, 0.25) is 5.69 Å². The molecule has 1 saturated carbocycles. The maximum absolute atomic E-state index is 9.32. The zero-order chi connectivity index (χ0) is 24.6. The minimum atomic E-state index is -0.465. The van der Waals surface area contributed by atoms with Gasteiger partial charge in [-0.05, 0) is 89.6 Å². The molecule has 0 N–H and O–H groups in total. The summed E-state index contributed by atoms with van der Waals surface area (Å²) in [6.45, 7) is 4.42. The summed E-state index contributed by atoms with van der Waals surface area (Å²) in [6, 6.07) is 17.9. The molecular weight excluding hydrogens is 424 g/mol. The third-order valence-electron chi connectivity index (χ3n) is 8.64. The first-order valence-corrected chi connectivity index (χ1v) is 13.2. The molecule has 3 aliphatic carbocycles. The van der Waals surface area contributed by atoms with Gasteiger partial charge < -0.3 is 0 Å². The number of aromatic nitrogens is 2. The smallest absolute Gasteiger partial charge is 0.213 e. The summed E-state index contributed by atoms with van der Waals surface area (Å²) < 4.78 is 11.6. The average molecular weight is 459 g/mol. The first kappa shape index (κ1) is 20.0. The Hall–Kier alpha value is -3.26. The second-order valence-electron chi connectivity index (χ2n) is 10.7. The molecule has 7 rings (SSSR count). The highest BCUT2D eigenvalue weighted by atomic mass is 14.9. The lowest BCUT2D eigenvalue weighted by Gasteiger charge is -2.22. The third-order valence-corrected chi connectivity index (χ3v) is 8.64. The Balaban J connectivity index is 1.51. The Morgan fingerprint density at radius 1 is 0.857 bits per heavy atom. The molecule has 0 bridgehead atoms. The predicted octanol–water partition coefficient (Wildman–Crippen LogP) is 7.38. The molecule has 2 heteroatoms. The highest BCUT2D eigenvalue weighted by Crippen LogP contribution is 2.53. The normalized spacial score (nSPS) is 17.4. The number of fused-ring (bicyclic) bond motifs is 7. The van der Waals surface area contributed by atoms with Crippen LogP contribution in [0.2, 0.25) is 0 Å². The van der Waals surface area contributed by atoms with Crippen molar-refractivity contribution in [2.75, 3.05) is 0 Å².